The topological polar surface area (TPSA) is 105 Å². The van der Waals surface area contributed by atoms with E-state index in [1.807, 2.05) is 19.1 Å². The molecule has 1 amide bonds. The zero-order valence-electron chi connectivity index (χ0n) is 28.1. The van der Waals surface area contributed by atoms with Crippen LogP contribution in [0.4, 0.5) is 5.69 Å². The van der Waals surface area contributed by atoms with Crippen LogP contribution in [0.5, 0.6) is 5.75 Å². The minimum absolute atomic E-state index is 0.270. The molecule has 6 atom stereocenters. The Hall–Kier alpha value is -3.03. The Morgan fingerprint density at radius 3 is 2.77 bits per heavy atom. The predicted octanol–water partition coefficient (Wildman–Crippen LogP) is 6.04. The van der Waals surface area contributed by atoms with Crippen LogP contribution in [-0.4, -0.2) is 64.2 Å². The van der Waals surface area contributed by atoms with Gasteiger partial charge in [-0.15, -0.1) is 0 Å². The lowest BCUT2D eigenvalue weighted by Gasteiger charge is -2.45. The van der Waals surface area contributed by atoms with Crippen molar-refractivity contribution in [3.8, 4) is 17.6 Å². The van der Waals surface area contributed by atoms with Crippen molar-refractivity contribution in [3.05, 3.63) is 69.8 Å². The molecule has 2 aliphatic heterocycles. The SMILES string of the molecule is COCCC#CC(O)/C1=C\C[C@H](C)[C@@H](C)S(=O)(=O)NC(=O)c2ccc3c(c2)N(C[C@@H]2CC[C@H]2C1)C[C@@]1(CCCc2cc(Cl)ccc21)CO3. The first kappa shape index (κ1) is 34.8. The molecule has 2 aromatic carbocycles. The maximum atomic E-state index is 13.5. The highest BCUT2D eigenvalue weighted by molar-refractivity contribution is 7.90. The third kappa shape index (κ3) is 7.28. The number of sulfonamides is 1. The molecule has 4 aliphatic rings. The average molecular weight is 695 g/mol. The molecule has 2 N–H and O–H groups in total. The Balaban J connectivity index is 1.39. The number of rotatable bonds is 3. The summed E-state index contributed by atoms with van der Waals surface area (Å²) in [6.07, 6.45) is 7.75. The molecule has 258 valence electrons. The summed E-state index contributed by atoms with van der Waals surface area (Å²) in [6.45, 7) is 5.93. The van der Waals surface area contributed by atoms with Crippen molar-refractivity contribution in [2.24, 2.45) is 17.8 Å². The summed E-state index contributed by atoms with van der Waals surface area (Å²) in [7, 11) is -2.37. The molecule has 0 radical (unpaired) electrons. The van der Waals surface area contributed by atoms with Crippen LogP contribution in [0.15, 0.2) is 48.0 Å². The Kier molecular flexibility index (Phi) is 10.5. The Morgan fingerprint density at radius 1 is 1.19 bits per heavy atom. The lowest BCUT2D eigenvalue weighted by atomic mass is 9.68. The van der Waals surface area contributed by atoms with Gasteiger partial charge in [-0.2, -0.15) is 0 Å². The van der Waals surface area contributed by atoms with E-state index in [1.54, 1.807) is 32.2 Å². The first-order valence-corrected chi connectivity index (χ1v) is 19.1. The quantitative estimate of drug-likeness (QED) is 0.229. The number of halogens is 1. The van der Waals surface area contributed by atoms with Crippen molar-refractivity contribution < 1.29 is 27.8 Å². The number of aliphatic hydroxyl groups excluding tert-OH is 1. The molecular weight excluding hydrogens is 648 g/mol. The summed E-state index contributed by atoms with van der Waals surface area (Å²) < 4.78 is 41.0. The van der Waals surface area contributed by atoms with Gasteiger partial charge in [-0.1, -0.05) is 42.5 Å². The molecule has 2 aliphatic carbocycles. The summed E-state index contributed by atoms with van der Waals surface area (Å²) in [6, 6.07) is 11.4. The molecule has 2 heterocycles. The number of carbonyl (C=O) groups excluding carboxylic acids is 1. The smallest absolute Gasteiger partial charge is 0.264 e. The zero-order chi connectivity index (χ0) is 34.1. The Morgan fingerprint density at radius 2 is 2.00 bits per heavy atom. The van der Waals surface area contributed by atoms with E-state index in [9.17, 15) is 18.3 Å². The van der Waals surface area contributed by atoms with E-state index in [2.05, 4.69) is 33.6 Å². The second-order valence-corrected chi connectivity index (χ2v) is 16.7. The number of hydrogen-bond donors (Lipinski definition) is 2. The fourth-order valence-corrected chi connectivity index (χ4v) is 9.30. The fourth-order valence-electron chi connectivity index (χ4n) is 7.83. The monoisotopic (exact) mass is 694 g/mol. The normalized spacial score (nSPS) is 30.1. The molecule has 0 saturated heterocycles. The van der Waals surface area contributed by atoms with E-state index in [-0.39, 0.29) is 16.9 Å². The Bertz CT molecular complexity index is 1730. The molecule has 1 unspecified atom stereocenters. The van der Waals surface area contributed by atoms with Gasteiger partial charge in [-0.25, -0.2) is 13.1 Å². The summed E-state index contributed by atoms with van der Waals surface area (Å²) in [4.78, 5) is 15.9. The molecule has 0 aromatic heterocycles. The van der Waals surface area contributed by atoms with Gasteiger partial charge in [0.25, 0.3) is 5.91 Å². The lowest BCUT2D eigenvalue weighted by molar-refractivity contribution is 0.0981. The van der Waals surface area contributed by atoms with Crippen molar-refractivity contribution >= 4 is 33.2 Å². The third-order valence-corrected chi connectivity index (χ3v) is 13.3. The van der Waals surface area contributed by atoms with Gasteiger partial charge in [-0.05, 0) is 117 Å². The van der Waals surface area contributed by atoms with Crippen LogP contribution in [0.1, 0.15) is 80.3 Å². The van der Waals surface area contributed by atoms with E-state index in [1.165, 1.54) is 11.1 Å². The predicted molar refractivity (Wildman–Crippen MR) is 189 cm³/mol. The van der Waals surface area contributed by atoms with Crippen molar-refractivity contribution in [2.75, 3.05) is 38.3 Å². The van der Waals surface area contributed by atoms with Crippen LogP contribution in [0.3, 0.4) is 0 Å². The van der Waals surface area contributed by atoms with Gasteiger partial charge >= 0.3 is 0 Å². The number of amides is 1. The molecule has 8 nitrogen and oxygen atoms in total. The van der Waals surface area contributed by atoms with Gasteiger partial charge in [0.1, 0.15) is 11.9 Å². The van der Waals surface area contributed by atoms with E-state index >= 15 is 0 Å². The highest BCUT2D eigenvalue weighted by atomic mass is 35.5. The highest BCUT2D eigenvalue weighted by Crippen LogP contribution is 2.47. The van der Waals surface area contributed by atoms with Crippen LogP contribution in [0.25, 0.3) is 0 Å². The van der Waals surface area contributed by atoms with Crippen LogP contribution >= 0.6 is 11.6 Å². The molecule has 2 aromatic rings. The number of carbonyl (C=O) groups is 1. The van der Waals surface area contributed by atoms with Crippen LogP contribution in [-0.2, 0) is 26.6 Å². The first-order chi connectivity index (χ1) is 23.0. The number of aryl methyl sites for hydroxylation is 1. The number of benzene rings is 2. The van der Waals surface area contributed by atoms with E-state index < -0.39 is 27.3 Å². The molecule has 10 heteroatoms. The van der Waals surface area contributed by atoms with Crippen LogP contribution in [0.2, 0.25) is 5.02 Å². The van der Waals surface area contributed by atoms with Crippen molar-refractivity contribution in [1.29, 1.82) is 0 Å². The van der Waals surface area contributed by atoms with Gasteiger partial charge in [0.15, 0.2) is 0 Å². The molecule has 48 heavy (non-hydrogen) atoms. The number of allylic oxidation sites excluding steroid dienone is 1. The molecular formula is C38H47ClN2O6S. The molecule has 2 bridgehead atoms. The first-order valence-electron chi connectivity index (χ1n) is 17.2. The van der Waals surface area contributed by atoms with E-state index in [4.69, 9.17) is 21.1 Å². The largest absolute Gasteiger partial charge is 0.490 e. The number of fused-ring (bicyclic) bond motifs is 4. The van der Waals surface area contributed by atoms with Crippen molar-refractivity contribution in [3.63, 3.8) is 0 Å². The second-order valence-electron chi connectivity index (χ2n) is 14.2. The van der Waals surface area contributed by atoms with Gasteiger partial charge < -0.3 is 19.5 Å². The maximum Gasteiger partial charge on any atom is 0.264 e. The summed E-state index contributed by atoms with van der Waals surface area (Å²) in [5.74, 6) is 6.46. The van der Waals surface area contributed by atoms with Gasteiger partial charge in [-0.3, -0.25) is 4.79 Å². The fraction of sp³-hybridized carbons (Fsp3) is 0.553. The van der Waals surface area contributed by atoms with Crippen molar-refractivity contribution in [1.82, 2.24) is 4.72 Å². The standard InChI is InChI=1S/C38H47ClN2O6S/c1-25-9-10-29(35(42)8-4-5-18-46-3)19-27-11-12-31(27)22-41-23-38(17-6-7-28-20-32(39)14-15-33(28)38)24-47-36-16-13-30(21-34(36)41)37(43)40-48(44,45)26(25)2/h10,13-16,20-21,25-27,31,35,42H,5-7,9,11-12,17-19,22-24H2,1-3H3,(H,40,43)/b29-10-/t25-,26+,27-,31-,35?,38-/m0/s1. The number of aliphatic hydroxyl groups is 1. The minimum Gasteiger partial charge on any atom is -0.490 e. The molecule has 6 rings (SSSR count). The number of nitrogens with one attached hydrogen (secondary N) is 1. The number of nitrogens with zero attached hydrogens (tertiary/aromatic N) is 1. The van der Waals surface area contributed by atoms with E-state index in [0.717, 1.165) is 54.9 Å². The molecule has 1 fully saturated rings. The molecule has 1 spiro atoms. The van der Waals surface area contributed by atoms with Crippen LogP contribution in [0, 0.1) is 29.6 Å². The third-order valence-electron chi connectivity index (χ3n) is 11.1. The number of methoxy groups -OCH3 is 1. The van der Waals surface area contributed by atoms with Gasteiger partial charge in [0.05, 0.1) is 24.2 Å². The van der Waals surface area contributed by atoms with Crippen LogP contribution < -0.4 is 14.4 Å². The maximum absolute atomic E-state index is 13.5. The second kappa shape index (κ2) is 14.4. The number of anilines is 1. The van der Waals surface area contributed by atoms with Gasteiger partial charge in [0.2, 0.25) is 10.0 Å². The minimum atomic E-state index is -3.99. The summed E-state index contributed by atoms with van der Waals surface area (Å²) in [5.41, 5.74) is 4.16. The van der Waals surface area contributed by atoms with E-state index in [0.29, 0.717) is 56.6 Å². The zero-order valence-corrected chi connectivity index (χ0v) is 29.7. The summed E-state index contributed by atoms with van der Waals surface area (Å²) in [5, 5.41) is 11.1. The number of ether oxygens (including phenoxy) is 2. The average Bonchev–Trinajstić information content (AvgIpc) is 3.20. The number of hydrogen-bond acceptors (Lipinski definition) is 7. The molecule has 1 saturated carbocycles. The van der Waals surface area contributed by atoms with Gasteiger partial charge in [0, 0.05) is 42.6 Å². The Labute approximate surface area is 290 Å². The summed E-state index contributed by atoms with van der Waals surface area (Å²) >= 11 is 6.43. The lowest BCUT2D eigenvalue weighted by Crippen LogP contribution is -2.48. The highest BCUT2D eigenvalue weighted by Gasteiger charge is 2.44. The van der Waals surface area contributed by atoms with Crippen molar-refractivity contribution in [2.45, 2.75) is 82.0 Å².